The van der Waals surface area contributed by atoms with Gasteiger partial charge in [0.25, 0.3) is 5.91 Å². The molecular formula is C19H28N4O2. The lowest BCUT2D eigenvalue weighted by Crippen LogP contribution is -2.32. The van der Waals surface area contributed by atoms with E-state index in [0.29, 0.717) is 11.6 Å². The van der Waals surface area contributed by atoms with Gasteiger partial charge in [-0.05, 0) is 56.8 Å². The van der Waals surface area contributed by atoms with Crippen molar-refractivity contribution >= 4 is 11.6 Å². The van der Waals surface area contributed by atoms with Crippen LogP contribution < -0.4 is 5.32 Å². The van der Waals surface area contributed by atoms with Crippen LogP contribution in [0.5, 0.6) is 0 Å². The van der Waals surface area contributed by atoms with E-state index < -0.39 is 0 Å². The molecule has 2 aromatic rings. The van der Waals surface area contributed by atoms with Gasteiger partial charge in [0.15, 0.2) is 0 Å². The van der Waals surface area contributed by atoms with E-state index in [2.05, 4.69) is 15.2 Å². The van der Waals surface area contributed by atoms with Crippen LogP contribution in [-0.2, 0) is 4.74 Å². The average molecular weight is 344 g/mol. The number of hydrogen-bond donors (Lipinski definition) is 1. The lowest BCUT2D eigenvalue weighted by molar-refractivity contribution is 0.0940. The van der Waals surface area contributed by atoms with Crippen molar-refractivity contribution in [2.24, 2.45) is 5.92 Å². The van der Waals surface area contributed by atoms with E-state index in [9.17, 15) is 4.79 Å². The van der Waals surface area contributed by atoms with E-state index in [4.69, 9.17) is 4.74 Å². The zero-order chi connectivity index (χ0) is 17.8. The Morgan fingerprint density at radius 2 is 2.28 bits per heavy atom. The standard InChI is InChI=1S/C19H28N4O2/c1-14-5-9-23-17(11-14)21-15(2)18(23)19(24)20-12-16-6-8-22(13-16)7-4-10-25-3/h5,9,11,16H,4,6-8,10,12-13H2,1-3H3,(H,20,24). The minimum Gasteiger partial charge on any atom is -0.385 e. The fourth-order valence-electron chi connectivity index (χ4n) is 3.57. The van der Waals surface area contributed by atoms with Gasteiger partial charge >= 0.3 is 0 Å². The number of imidazole rings is 1. The minimum atomic E-state index is -0.0355. The number of aromatic nitrogens is 2. The van der Waals surface area contributed by atoms with Gasteiger partial charge in [0, 0.05) is 39.5 Å². The van der Waals surface area contributed by atoms with E-state index in [-0.39, 0.29) is 5.91 Å². The molecule has 1 N–H and O–H groups in total. The van der Waals surface area contributed by atoms with Gasteiger partial charge in [-0.25, -0.2) is 4.98 Å². The van der Waals surface area contributed by atoms with Gasteiger partial charge in [0.1, 0.15) is 11.3 Å². The predicted molar refractivity (Wildman–Crippen MR) is 98.0 cm³/mol. The van der Waals surface area contributed by atoms with Crippen LogP contribution in [0.2, 0.25) is 0 Å². The third-order valence-corrected chi connectivity index (χ3v) is 4.92. The summed E-state index contributed by atoms with van der Waals surface area (Å²) in [7, 11) is 1.74. The Morgan fingerprint density at radius 1 is 1.44 bits per heavy atom. The summed E-state index contributed by atoms with van der Waals surface area (Å²) < 4.78 is 6.99. The van der Waals surface area contributed by atoms with Gasteiger partial charge in [-0.1, -0.05) is 0 Å². The van der Waals surface area contributed by atoms with Crippen LogP contribution in [0.1, 0.15) is 34.6 Å². The molecule has 2 aromatic heterocycles. The number of pyridine rings is 1. The Labute approximate surface area is 149 Å². The first-order chi connectivity index (χ1) is 12.1. The summed E-state index contributed by atoms with van der Waals surface area (Å²) in [6, 6.07) is 4.00. The minimum absolute atomic E-state index is 0.0355. The van der Waals surface area contributed by atoms with Crippen molar-refractivity contribution in [2.75, 3.05) is 39.9 Å². The first-order valence-electron chi connectivity index (χ1n) is 9.03. The Bertz CT molecular complexity index is 740. The van der Waals surface area contributed by atoms with Crippen LogP contribution in [0, 0.1) is 19.8 Å². The molecule has 0 bridgehead atoms. The summed E-state index contributed by atoms with van der Waals surface area (Å²) in [5, 5.41) is 3.11. The molecule has 25 heavy (non-hydrogen) atoms. The van der Waals surface area contributed by atoms with Gasteiger partial charge in [-0.2, -0.15) is 0 Å². The number of carbonyl (C=O) groups excluding carboxylic acids is 1. The van der Waals surface area contributed by atoms with Crippen molar-refractivity contribution in [3.05, 3.63) is 35.3 Å². The zero-order valence-electron chi connectivity index (χ0n) is 15.4. The van der Waals surface area contributed by atoms with Gasteiger partial charge in [0.05, 0.1) is 5.69 Å². The molecule has 6 nitrogen and oxygen atoms in total. The molecule has 0 aliphatic carbocycles. The molecule has 136 valence electrons. The number of ether oxygens (including phenoxy) is 1. The quantitative estimate of drug-likeness (QED) is 0.781. The summed E-state index contributed by atoms with van der Waals surface area (Å²) in [5.41, 5.74) is 3.39. The largest absolute Gasteiger partial charge is 0.385 e. The average Bonchev–Trinajstić information content (AvgIpc) is 3.16. The molecule has 1 fully saturated rings. The number of aryl methyl sites for hydroxylation is 2. The molecule has 0 saturated carbocycles. The van der Waals surface area contributed by atoms with Gasteiger partial charge in [0.2, 0.25) is 0 Å². The molecule has 1 saturated heterocycles. The summed E-state index contributed by atoms with van der Waals surface area (Å²) in [5.74, 6) is 0.486. The van der Waals surface area contributed by atoms with E-state index in [1.165, 1.54) is 0 Å². The third-order valence-electron chi connectivity index (χ3n) is 4.92. The zero-order valence-corrected chi connectivity index (χ0v) is 15.4. The molecule has 1 aliphatic rings. The third kappa shape index (κ3) is 4.19. The highest BCUT2D eigenvalue weighted by molar-refractivity contribution is 5.94. The second-order valence-corrected chi connectivity index (χ2v) is 6.99. The number of rotatable bonds is 7. The van der Waals surface area contributed by atoms with Gasteiger partial charge in [-0.3, -0.25) is 9.20 Å². The highest BCUT2D eigenvalue weighted by Gasteiger charge is 2.23. The number of methoxy groups -OCH3 is 1. The van der Waals surface area contributed by atoms with Crippen LogP contribution in [0.4, 0.5) is 0 Å². The first kappa shape index (κ1) is 17.9. The maximum absolute atomic E-state index is 12.7. The maximum Gasteiger partial charge on any atom is 0.270 e. The van der Waals surface area contributed by atoms with E-state index >= 15 is 0 Å². The van der Waals surface area contributed by atoms with Crippen molar-refractivity contribution in [2.45, 2.75) is 26.7 Å². The number of nitrogens with one attached hydrogen (secondary N) is 1. The molecule has 6 heteroatoms. The molecule has 3 heterocycles. The van der Waals surface area contributed by atoms with Crippen molar-refractivity contribution in [3.63, 3.8) is 0 Å². The smallest absolute Gasteiger partial charge is 0.270 e. The number of nitrogens with zero attached hydrogens (tertiary/aromatic N) is 3. The Kier molecular flexibility index (Phi) is 5.71. The SMILES string of the molecule is COCCCN1CCC(CNC(=O)c2c(C)nc3cc(C)ccn23)C1. The lowest BCUT2D eigenvalue weighted by atomic mass is 10.1. The van der Waals surface area contributed by atoms with Crippen molar-refractivity contribution < 1.29 is 9.53 Å². The number of likely N-dealkylation sites (tertiary alicyclic amines) is 1. The topological polar surface area (TPSA) is 58.9 Å². The maximum atomic E-state index is 12.7. The number of hydrogen-bond acceptors (Lipinski definition) is 4. The second kappa shape index (κ2) is 7.97. The van der Waals surface area contributed by atoms with Crippen molar-refractivity contribution in [1.29, 1.82) is 0 Å². The normalized spacial score (nSPS) is 18.1. The van der Waals surface area contributed by atoms with Crippen LogP contribution >= 0.6 is 0 Å². The summed E-state index contributed by atoms with van der Waals surface area (Å²) in [6.07, 6.45) is 4.13. The predicted octanol–water partition coefficient (Wildman–Crippen LogP) is 2.04. The van der Waals surface area contributed by atoms with Gasteiger partial charge < -0.3 is 15.0 Å². The Hall–Kier alpha value is -1.92. The number of fused-ring (bicyclic) bond motifs is 1. The molecule has 1 amide bonds. The monoisotopic (exact) mass is 344 g/mol. The molecule has 3 rings (SSSR count). The van der Waals surface area contributed by atoms with Crippen LogP contribution in [-0.4, -0.2) is 60.1 Å². The Morgan fingerprint density at radius 3 is 3.08 bits per heavy atom. The highest BCUT2D eigenvalue weighted by atomic mass is 16.5. The molecule has 1 unspecified atom stereocenters. The van der Waals surface area contributed by atoms with Crippen LogP contribution in [0.15, 0.2) is 18.3 Å². The van der Waals surface area contributed by atoms with E-state index in [1.54, 1.807) is 7.11 Å². The van der Waals surface area contributed by atoms with Crippen LogP contribution in [0.25, 0.3) is 5.65 Å². The molecule has 0 spiro atoms. The summed E-state index contributed by atoms with van der Waals surface area (Å²) >= 11 is 0. The Balaban J connectivity index is 1.56. The molecule has 1 aliphatic heterocycles. The molecular weight excluding hydrogens is 316 g/mol. The number of amides is 1. The van der Waals surface area contributed by atoms with E-state index in [0.717, 1.165) is 62.5 Å². The molecule has 0 radical (unpaired) electrons. The van der Waals surface area contributed by atoms with Crippen molar-refractivity contribution in [3.8, 4) is 0 Å². The van der Waals surface area contributed by atoms with Crippen molar-refractivity contribution in [1.82, 2.24) is 19.6 Å². The first-order valence-corrected chi connectivity index (χ1v) is 9.03. The van der Waals surface area contributed by atoms with Crippen LogP contribution in [0.3, 0.4) is 0 Å². The molecule has 0 aromatic carbocycles. The van der Waals surface area contributed by atoms with Gasteiger partial charge in [-0.15, -0.1) is 0 Å². The fourth-order valence-corrected chi connectivity index (χ4v) is 3.57. The second-order valence-electron chi connectivity index (χ2n) is 6.99. The lowest BCUT2D eigenvalue weighted by Gasteiger charge is -2.16. The highest BCUT2D eigenvalue weighted by Crippen LogP contribution is 2.17. The van der Waals surface area contributed by atoms with E-state index in [1.807, 2.05) is 36.6 Å². The summed E-state index contributed by atoms with van der Waals surface area (Å²) in [4.78, 5) is 19.6. The fraction of sp³-hybridized carbons (Fsp3) is 0.579. The number of carbonyl (C=O) groups is 1. The summed E-state index contributed by atoms with van der Waals surface area (Å²) in [6.45, 7) is 8.69. The molecule has 1 atom stereocenters.